The van der Waals surface area contributed by atoms with E-state index in [2.05, 4.69) is 48.6 Å². The Kier molecular flexibility index (Phi) is 3.46. The molecule has 1 aromatic heterocycles. The van der Waals surface area contributed by atoms with Crippen LogP contribution in [0.3, 0.4) is 0 Å². The Morgan fingerprint density at radius 3 is 2.87 bits per heavy atom. The molecule has 4 rings (SSSR count). The molecule has 120 valence electrons. The van der Waals surface area contributed by atoms with Gasteiger partial charge in [-0.3, -0.25) is 4.79 Å². The number of hydrogen-bond acceptors (Lipinski definition) is 5. The lowest BCUT2D eigenvalue weighted by Gasteiger charge is -2.40. The summed E-state index contributed by atoms with van der Waals surface area (Å²) in [5.41, 5.74) is 0.806. The third-order valence-electron chi connectivity index (χ3n) is 4.84. The molecular formula is C15H17BrN6O. The highest BCUT2D eigenvalue weighted by Crippen LogP contribution is 2.36. The number of carbonyl (C=O) groups is 1. The standard InChI is InChI=1S/C15H17BrN6O/c1-2-21-7-5-15(6-8-21)14-18-19-20-22(14)12-4-3-10(16)9-11(12)13(23)17-15/h3-4,9H,2,5-8H2,1H3,(H,17,23). The van der Waals surface area contributed by atoms with E-state index >= 15 is 0 Å². The first-order chi connectivity index (χ1) is 11.1. The zero-order chi connectivity index (χ0) is 16.0. The minimum atomic E-state index is -0.502. The van der Waals surface area contributed by atoms with Crippen LogP contribution in [0.4, 0.5) is 0 Å². The van der Waals surface area contributed by atoms with E-state index in [1.54, 1.807) is 4.68 Å². The number of nitrogens with zero attached hydrogens (tertiary/aromatic N) is 5. The van der Waals surface area contributed by atoms with Crippen molar-refractivity contribution in [2.45, 2.75) is 25.3 Å². The number of halogens is 1. The van der Waals surface area contributed by atoms with E-state index < -0.39 is 5.54 Å². The number of rotatable bonds is 1. The lowest BCUT2D eigenvalue weighted by atomic mass is 9.86. The van der Waals surface area contributed by atoms with Crippen molar-refractivity contribution in [2.24, 2.45) is 0 Å². The average Bonchev–Trinajstić information content (AvgIpc) is 3.02. The minimum Gasteiger partial charge on any atom is -0.339 e. The SMILES string of the molecule is CCN1CCC2(CC1)NC(=O)c1cc(Br)ccc1-n1nnnc12. The van der Waals surface area contributed by atoms with Crippen LogP contribution in [0.15, 0.2) is 22.7 Å². The fourth-order valence-electron chi connectivity index (χ4n) is 3.46. The third-order valence-corrected chi connectivity index (χ3v) is 5.33. The van der Waals surface area contributed by atoms with Crippen LogP contribution in [0.5, 0.6) is 0 Å². The number of hydrogen-bond donors (Lipinski definition) is 1. The molecule has 0 atom stereocenters. The van der Waals surface area contributed by atoms with Crippen LogP contribution in [0.25, 0.3) is 5.69 Å². The molecule has 1 saturated heterocycles. The van der Waals surface area contributed by atoms with Gasteiger partial charge in [-0.25, -0.2) is 0 Å². The number of piperidine rings is 1. The summed E-state index contributed by atoms with van der Waals surface area (Å²) in [5, 5.41) is 15.5. The Balaban J connectivity index is 1.84. The van der Waals surface area contributed by atoms with E-state index in [1.165, 1.54) is 0 Å². The molecule has 1 fully saturated rings. The van der Waals surface area contributed by atoms with Crippen molar-refractivity contribution < 1.29 is 4.79 Å². The molecule has 0 bridgehead atoms. The van der Waals surface area contributed by atoms with Gasteiger partial charge in [-0.05, 0) is 48.0 Å². The molecule has 2 aliphatic rings. The van der Waals surface area contributed by atoms with E-state index in [4.69, 9.17) is 0 Å². The monoisotopic (exact) mass is 376 g/mol. The molecule has 2 aromatic rings. The zero-order valence-electron chi connectivity index (χ0n) is 12.8. The van der Waals surface area contributed by atoms with Crippen LogP contribution < -0.4 is 5.32 Å². The normalized spacial score (nSPS) is 19.8. The van der Waals surface area contributed by atoms with E-state index in [9.17, 15) is 4.79 Å². The van der Waals surface area contributed by atoms with Crippen molar-refractivity contribution in [3.8, 4) is 5.69 Å². The Morgan fingerprint density at radius 2 is 2.13 bits per heavy atom. The van der Waals surface area contributed by atoms with Gasteiger partial charge in [-0.15, -0.1) is 5.10 Å². The van der Waals surface area contributed by atoms with Crippen LogP contribution in [-0.2, 0) is 5.54 Å². The van der Waals surface area contributed by atoms with Crippen molar-refractivity contribution in [1.29, 1.82) is 0 Å². The molecule has 2 aliphatic heterocycles. The Bertz CT molecular complexity index is 765. The number of amides is 1. The van der Waals surface area contributed by atoms with E-state index in [0.717, 1.165) is 48.5 Å². The molecule has 0 radical (unpaired) electrons. The first-order valence-electron chi connectivity index (χ1n) is 7.76. The highest BCUT2D eigenvalue weighted by atomic mass is 79.9. The Hall–Kier alpha value is -1.80. The predicted molar refractivity (Wildman–Crippen MR) is 87.3 cm³/mol. The molecule has 1 N–H and O–H groups in total. The largest absolute Gasteiger partial charge is 0.339 e. The van der Waals surface area contributed by atoms with Gasteiger partial charge in [0.05, 0.1) is 11.3 Å². The summed E-state index contributed by atoms with van der Waals surface area (Å²) in [5.74, 6) is 0.640. The second-order valence-corrected chi connectivity index (χ2v) is 6.96. The second kappa shape index (κ2) is 5.38. The fraction of sp³-hybridized carbons (Fsp3) is 0.467. The number of fused-ring (bicyclic) bond motifs is 4. The summed E-state index contributed by atoms with van der Waals surface area (Å²) in [4.78, 5) is 15.2. The van der Waals surface area contributed by atoms with Gasteiger partial charge in [0, 0.05) is 17.6 Å². The highest BCUT2D eigenvalue weighted by molar-refractivity contribution is 9.10. The molecule has 3 heterocycles. The van der Waals surface area contributed by atoms with Crippen LogP contribution in [0.1, 0.15) is 35.9 Å². The van der Waals surface area contributed by atoms with Gasteiger partial charge in [-0.2, -0.15) is 4.68 Å². The van der Waals surface area contributed by atoms with Gasteiger partial charge in [-0.1, -0.05) is 22.9 Å². The van der Waals surface area contributed by atoms with Crippen LogP contribution in [0, 0.1) is 0 Å². The number of likely N-dealkylation sites (tertiary alicyclic amines) is 1. The molecule has 7 nitrogen and oxygen atoms in total. The van der Waals surface area contributed by atoms with E-state index in [1.807, 2.05) is 18.2 Å². The van der Waals surface area contributed by atoms with Crippen LogP contribution in [-0.4, -0.2) is 50.6 Å². The van der Waals surface area contributed by atoms with Crippen molar-refractivity contribution in [2.75, 3.05) is 19.6 Å². The van der Waals surface area contributed by atoms with Crippen molar-refractivity contribution in [1.82, 2.24) is 30.4 Å². The fourth-order valence-corrected chi connectivity index (χ4v) is 3.82. The number of aromatic nitrogens is 4. The first-order valence-corrected chi connectivity index (χ1v) is 8.56. The predicted octanol–water partition coefficient (Wildman–Crippen LogP) is 1.48. The topological polar surface area (TPSA) is 75.9 Å². The third kappa shape index (κ3) is 2.28. The maximum Gasteiger partial charge on any atom is 0.254 e. The molecule has 0 unspecified atom stereocenters. The van der Waals surface area contributed by atoms with Crippen molar-refractivity contribution in [3.63, 3.8) is 0 Å². The van der Waals surface area contributed by atoms with E-state index in [0.29, 0.717) is 5.56 Å². The summed E-state index contributed by atoms with van der Waals surface area (Å²) < 4.78 is 2.57. The molecule has 0 saturated carbocycles. The first kappa shape index (κ1) is 14.8. The van der Waals surface area contributed by atoms with Gasteiger partial charge < -0.3 is 10.2 Å². The van der Waals surface area contributed by atoms with Gasteiger partial charge in [0.1, 0.15) is 5.54 Å². The van der Waals surface area contributed by atoms with Gasteiger partial charge in [0.2, 0.25) is 0 Å². The zero-order valence-corrected chi connectivity index (χ0v) is 14.4. The molecule has 0 aliphatic carbocycles. The smallest absolute Gasteiger partial charge is 0.254 e. The molecular weight excluding hydrogens is 360 g/mol. The Morgan fingerprint density at radius 1 is 1.35 bits per heavy atom. The summed E-state index contributed by atoms with van der Waals surface area (Å²) in [6.07, 6.45) is 1.62. The lowest BCUT2D eigenvalue weighted by molar-refractivity contribution is 0.0801. The van der Waals surface area contributed by atoms with Crippen LogP contribution in [0.2, 0.25) is 0 Å². The number of carbonyl (C=O) groups excluding carboxylic acids is 1. The summed E-state index contributed by atoms with van der Waals surface area (Å²) >= 11 is 3.43. The summed E-state index contributed by atoms with van der Waals surface area (Å²) in [7, 11) is 0. The molecule has 1 amide bonds. The molecule has 1 aromatic carbocycles. The number of benzene rings is 1. The van der Waals surface area contributed by atoms with Crippen molar-refractivity contribution in [3.05, 3.63) is 34.1 Å². The average molecular weight is 377 g/mol. The molecule has 8 heteroatoms. The van der Waals surface area contributed by atoms with Gasteiger partial charge in [0.15, 0.2) is 5.82 Å². The quantitative estimate of drug-likeness (QED) is 0.815. The lowest BCUT2D eigenvalue weighted by Crippen LogP contribution is -2.53. The minimum absolute atomic E-state index is 0.0847. The number of tetrazole rings is 1. The Labute approximate surface area is 142 Å². The summed E-state index contributed by atoms with van der Waals surface area (Å²) in [6.45, 7) is 5.01. The van der Waals surface area contributed by atoms with Gasteiger partial charge >= 0.3 is 0 Å². The van der Waals surface area contributed by atoms with E-state index in [-0.39, 0.29) is 5.91 Å². The second-order valence-electron chi connectivity index (χ2n) is 6.05. The van der Waals surface area contributed by atoms with Crippen LogP contribution >= 0.6 is 15.9 Å². The summed E-state index contributed by atoms with van der Waals surface area (Å²) in [6, 6.07) is 5.59. The number of nitrogens with one attached hydrogen (secondary N) is 1. The maximum atomic E-state index is 12.8. The van der Waals surface area contributed by atoms with Crippen molar-refractivity contribution >= 4 is 21.8 Å². The highest BCUT2D eigenvalue weighted by Gasteiger charge is 2.44. The molecule has 23 heavy (non-hydrogen) atoms. The molecule has 1 spiro atoms. The van der Waals surface area contributed by atoms with Gasteiger partial charge in [0.25, 0.3) is 5.91 Å². The maximum absolute atomic E-state index is 12.8.